The molecule has 114 valence electrons. The van der Waals surface area contributed by atoms with Crippen molar-refractivity contribution in [3.8, 4) is 6.07 Å². The van der Waals surface area contributed by atoms with Gasteiger partial charge in [-0.15, -0.1) is 0 Å². The zero-order valence-corrected chi connectivity index (χ0v) is 11.6. The SMILES string of the molecule is N#C[C@@H](Cc1ccccc1[NH+]([O-])O)c1ccccc1[NH+]([O-])O. The molecule has 0 saturated carbocycles. The Morgan fingerprint density at radius 1 is 0.955 bits per heavy atom. The van der Waals surface area contributed by atoms with Crippen molar-refractivity contribution in [1.29, 1.82) is 5.26 Å². The summed E-state index contributed by atoms with van der Waals surface area (Å²) < 4.78 is 0. The molecule has 2 aromatic carbocycles. The van der Waals surface area contributed by atoms with Crippen LogP contribution in [0.25, 0.3) is 0 Å². The minimum Gasteiger partial charge on any atom is -0.595 e. The largest absolute Gasteiger partial charge is 0.595 e. The Balaban J connectivity index is 2.38. The van der Waals surface area contributed by atoms with E-state index in [9.17, 15) is 26.1 Å². The molecule has 0 aromatic heterocycles. The highest BCUT2D eigenvalue weighted by molar-refractivity contribution is 5.47. The van der Waals surface area contributed by atoms with Gasteiger partial charge in [-0.25, -0.2) is 10.4 Å². The summed E-state index contributed by atoms with van der Waals surface area (Å²) in [5, 5.41) is 48.1. The third kappa shape index (κ3) is 3.47. The third-order valence-corrected chi connectivity index (χ3v) is 3.39. The summed E-state index contributed by atoms with van der Waals surface area (Å²) in [5.74, 6) is -0.729. The molecule has 4 N–H and O–H groups in total. The molecule has 2 rings (SSSR count). The fourth-order valence-corrected chi connectivity index (χ4v) is 2.35. The maximum atomic E-state index is 11.3. The van der Waals surface area contributed by atoms with Crippen LogP contribution in [0.2, 0.25) is 0 Å². The van der Waals surface area contributed by atoms with Gasteiger partial charge in [-0.3, -0.25) is 0 Å². The van der Waals surface area contributed by atoms with Crippen LogP contribution in [0.15, 0.2) is 48.5 Å². The zero-order valence-electron chi connectivity index (χ0n) is 11.6. The first-order chi connectivity index (χ1) is 10.5. The van der Waals surface area contributed by atoms with Crippen molar-refractivity contribution in [3.05, 3.63) is 70.1 Å². The molecule has 3 atom stereocenters. The molecule has 0 spiro atoms. The van der Waals surface area contributed by atoms with Gasteiger partial charge in [-0.05, 0) is 6.42 Å². The normalized spacial score (nSPS) is 14.9. The van der Waals surface area contributed by atoms with Gasteiger partial charge < -0.3 is 10.4 Å². The van der Waals surface area contributed by atoms with Crippen LogP contribution in [0.4, 0.5) is 11.4 Å². The second-order valence-corrected chi connectivity index (χ2v) is 4.74. The average molecular weight is 301 g/mol. The van der Waals surface area contributed by atoms with E-state index in [0.717, 1.165) is 0 Å². The van der Waals surface area contributed by atoms with Gasteiger partial charge in [-0.2, -0.15) is 15.7 Å². The van der Waals surface area contributed by atoms with E-state index >= 15 is 0 Å². The van der Waals surface area contributed by atoms with Crippen LogP contribution in [-0.2, 0) is 6.42 Å². The first-order valence-electron chi connectivity index (χ1n) is 6.57. The van der Waals surface area contributed by atoms with Crippen molar-refractivity contribution >= 4 is 11.4 Å². The number of nitrogens with zero attached hydrogens (tertiary/aromatic N) is 1. The van der Waals surface area contributed by atoms with Gasteiger partial charge in [0.05, 0.1) is 12.0 Å². The number of hydrogen-bond acceptors (Lipinski definition) is 5. The number of hydrogen-bond donors (Lipinski definition) is 4. The summed E-state index contributed by atoms with van der Waals surface area (Å²) in [7, 11) is 0. The minimum absolute atomic E-state index is 0.0573. The number of benzene rings is 2. The van der Waals surface area contributed by atoms with Crippen molar-refractivity contribution < 1.29 is 20.9 Å². The first kappa shape index (κ1) is 16.1. The molecule has 0 aliphatic carbocycles. The van der Waals surface area contributed by atoms with Gasteiger partial charge in [0.15, 0.2) is 11.4 Å². The van der Waals surface area contributed by atoms with E-state index in [4.69, 9.17) is 0 Å². The molecule has 0 aliphatic heterocycles. The van der Waals surface area contributed by atoms with Crippen LogP contribution in [0, 0.1) is 21.7 Å². The Bertz CT molecular complexity index is 682. The van der Waals surface area contributed by atoms with Crippen LogP contribution in [0.3, 0.4) is 0 Å². The van der Waals surface area contributed by atoms with Crippen LogP contribution in [0.1, 0.15) is 17.0 Å². The third-order valence-electron chi connectivity index (χ3n) is 3.39. The quantitative estimate of drug-likeness (QED) is 0.594. The fraction of sp³-hybridized carbons (Fsp3) is 0.133. The van der Waals surface area contributed by atoms with Crippen LogP contribution < -0.4 is 10.5 Å². The van der Waals surface area contributed by atoms with Crippen molar-refractivity contribution in [1.82, 2.24) is 0 Å². The smallest absolute Gasteiger partial charge is 0.168 e. The van der Waals surface area contributed by atoms with Gasteiger partial charge >= 0.3 is 0 Å². The Kier molecular flexibility index (Phi) is 5.19. The summed E-state index contributed by atoms with van der Waals surface area (Å²) in [6.45, 7) is 0. The predicted molar refractivity (Wildman–Crippen MR) is 76.5 cm³/mol. The lowest BCUT2D eigenvalue weighted by molar-refractivity contribution is -0.991. The highest BCUT2D eigenvalue weighted by atomic mass is 16.8. The second kappa shape index (κ2) is 7.11. The molecule has 0 heterocycles. The van der Waals surface area contributed by atoms with E-state index in [1.807, 2.05) is 0 Å². The molecule has 22 heavy (non-hydrogen) atoms. The zero-order chi connectivity index (χ0) is 16.1. The van der Waals surface area contributed by atoms with Crippen LogP contribution in [-0.4, -0.2) is 10.4 Å². The molecule has 0 saturated heterocycles. The van der Waals surface area contributed by atoms with Crippen molar-refractivity contribution in [2.45, 2.75) is 12.3 Å². The van der Waals surface area contributed by atoms with E-state index in [2.05, 4.69) is 6.07 Å². The molecular formula is C15H15N3O4. The summed E-state index contributed by atoms with van der Waals surface area (Å²) in [6.07, 6.45) is 0.142. The molecule has 0 amide bonds. The van der Waals surface area contributed by atoms with E-state index in [1.54, 1.807) is 36.4 Å². The fourth-order valence-electron chi connectivity index (χ4n) is 2.35. The Morgan fingerprint density at radius 3 is 2.09 bits per heavy atom. The molecule has 0 aliphatic rings. The molecule has 2 aromatic rings. The van der Waals surface area contributed by atoms with Crippen molar-refractivity contribution in [3.63, 3.8) is 0 Å². The lowest BCUT2D eigenvalue weighted by Gasteiger charge is -2.20. The number of nitrogens with one attached hydrogen (secondary N) is 2. The lowest BCUT2D eigenvalue weighted by Crippen LogP contribution is -2.99. The summed E-state index contributed by atoms with van der Waals surface area (Å²) >= 11 is 0. The minimum atomic E-state index is -1.11. The van der Waals surface area contributed by atoms with Gasteiger partial charge in [0, 0.05) is 23.3 Å². The number of nitriles is 1. The standard InChI is InChI=1S/C15H15N3O4/c16-10-12(13-6-2-4-8-15(13)18(21)22)9-11-5-1-3-7-14(11)17(19)20/h1-8,12,17-19,21H,9H2/t12-/m1/s1. The van der Waals surface area contributed by atoms with Gasteiger partial charge in [0.1, 0.15) is 0 Å². The Morgan fingerprint density at radius 2 is 1.50 bits per heavy atom. The predicted octanol–water partition coefficient (Wildman–Crippen LogP) is 0.343. The molecule has 7 nitrogen and oxygen atoms in total. The topological polar surface area (TPSA) is 119 Å². The number of quaternary nitrogens is 2. The monoisotopic (exact) mass is 301 g/mol. The molecule has 2 unspecified atom stereocenters. The second-order valence-electron chi connectivity index (χ2n) is 4.74. The highest BCUT2D eigenvalue weighted by Gasteiger charge is 2.21. The molecule has 0 radical (unpaired) electrons. The highest BCUT2D eigenvalue weighted by Crippen LogP contribution is 2.26. The Hall–Kier alpha value is -2.31. The molecular weight excluding hydrogens is 286 g/mol. The summed E-state index contributed by atoms with van der Waals surface area (Å²) in [5.41, 5.74) is 1.07. The first-order valence-corrected chi connectivity index (χ1v) is 6.57. The maximum absolute atomic E-state index is 11.3. The van der Waals surface area contributed by atoms with E-state index in [0.29, 0.717) is 11.1 Å². The van der Waals surface area contributed by atoms with E-state index < -0.39 is 16.4 Å². The van der Waals surface area contributed by atoms with Crippen LogP contribution in [0.5, 0.6) is 0 Å². The maximum Gasteiger partial charge on any atom is 0.168 e. The summed E-state index contributed by atoms with van der Waals surface area (Å²) in [6, 6.07) is 14.8. The number of rotatable bonds is 5. The van der Waals surface area contributed by atoms with Gasteiger partial charge in [-0.1, -0.05) is 36.4 Å². The lowest BCUT2D eigenvalue weighted by atomic mass is 9.91. The molecule has 0 fully saturated rings. The van der Waals surface area contributed by atoms with Crippen LogP contribution >= 0.6 is 0 Å². The van der Waals surface area contributed by atoms with E-state index in [-0.39, 0.29) is 17.8 Å². The van der Waals surface area contributed by atoms with Gasteiger partial charge in [0.25, 0.3) is 0 Å². The Labute approximate surface area is 126 Å². The van der Waals surface area contributed by atoms with Gasteiger partial charge in [0.2, 0.25) is 0 Å². The van der Waals surface area contributed by atoms with Crippen molar-refractivity contribution in [2.75, 3.05) is 0 Å². The summed E-state index contributed by atoms with van der Waals surface area (Å²) in [4.78, 5) is 0. The number of para-hydroxylation sites is 2. The molecule has 0 bridgehead atoms. The average Bonchev–Trinajstić information content (AvgIpc) is 2.52. The van der Waals surface area contributed by atoms with E-state index in [1.165, 1.54) is 12.1 Å². The van der Waals surface area contributed by atoms with Crippen molar-refractivity contribution in [2.24, 2.45) is 0 Å². The molecule has 7 heteroatoms.